The number of nitrogens with zero attached hydrogens (tertiary/aromatic N) is 1. The van der Waals surface area contributed by atoms with Gasteiger partial charge in [0.05, 0.1) is 5.69 Å². The Morgan fingerprint density at radius 1 is 1.26 bits per heavy atom. The summed E-state index contributed by atoms with van der Waals surface area (Å²) in [6.07, 6.45) is 0. The fourth-order valence-corrected chi connectivity index (χ4v) is 1.71. The van der Waals surface area contributed by atoms with Crippen LogP contribution in [0.5, 0.6) is 5.75 Å². The first-order valence-electron chi connectivity index (χ1n) is 6.30. The molecule has 0 spiro atoms. The molecule has 0 aliphatic carbocycles. The zero-order chi connectivity index (χ0) is 14.4. The molecular formula is C14H20N2O3. The normalized spacial score (nSPS) is 10.1. The fourth-order valence-electron chi connectivity index (χ4n) is 1.71. The number of benzene rings is 1. The first kappa shape index (κ1) is 15.0. The maximum absolute atomic E-state index is 11.8. The second kappa shape index (κ2) is 6.78. The van der Waals surface area contributed by atoms with Crippen LogP contribution in [0.2, 0.25) is 0 Å². The van der Waals surface area contributed by atoms with E-state index in [0.717, 1.165) is 0 Å². The first-order valence-corrected chi connectivity index (χ1v) is 6.30. The molecule has 0 bridgehead atoms. The van der Waals surface area contributed by atoms with Gasteiger partial charge in [-0.25, -0.2) is 0 Å². The second-order valence-corrected chi connectivity index (χ2v) is 4.16. The molecule has 0 atom stereocenters. The molecule has 0 aliphatic heterocycles. The van der Waals surface area contributed by atoms with E-state index in [4.69, 9.17) is 10.5 Å². The number of amides is 1. The van der Waals surface area contributed by atoms with Gasteiger partial charge in [0.25, 0.3) is 5.91 Å². The number of carbonyl (C=O) groups is 2. The second-order valence-electron chi connectivity index (χ2n) is 4.16. The van der Waals surface area contributed by atoms with E-state index >= 15 is 0 Å². The lowest BCUT2D eigenvalue weighted by Gasteiger charge is -2.19. The third-order valence-electron chi connectivity index (χ3n) is 2.88. The van der Waals surface area contributed by atoms with Gasteiger partial charge in [0.15, 0.2) is 12.4 Å². The van der Waals surface area contributed by atoms with Gasteiger partial charge < -0.3 is 15.4 Å². The first-order chi connectivity index (χ1) is 8.99. The van der Waals surface area contributed by atoms with Crippen LogP contribution in [0.4, 0.5) is 5.69 Å². The van der Waals surface area contributed by atoms with Gasteiger partial charge in [-0.3, -0.25) is 9.59 Å². The largest absolute Gasteiger partial charge is 0.482 e. The minimum Gasteiger partial charge on any atom is -0.482 e. The summed E-state index contributed by atoms with van der Waals surface area (Å²) in [5.74, 6) is 0.281. The highest BCUT2D eigenvalue weighted by Crippen LogP contribution is 2.22. The lowest BCUT2D eigenvalue weighted by Crippen LogP contribution is -2.34. The van der Waals surface area contributed by atoms with E-state index in [2.05, 4.69) is 0 Å². The molecule has 0 fully saturated rings. The van der Waals surface area contributed by atoms with Crippen molar-refractivity contribution in [1.29, 1.82) is 0 Å². The minimum absolute atomic E-state index is 0.0503. The van der Waals surface area contributed by atoms with Crippen LogP contribution in [0.1, 0.15) is 31.1 Å². The number of Topliss-reactive ketones (excluding diaryl/α,β-unsaturated/α-hetero) is 1. The van der Waals surface area contributed by atoms with Crippen molar-refractivity contribution in [2.75, 3.05) is 25.4 Å². The number of hydrogen-bond acceptors (Lipinski definition) is 4. The van der Waals surface area contributed by atoms with Crippen molar-refractivity contribution < 1.29 is 14.3 Å². The molecule has 19 heavy (non-hydrogen) atoms. The Kier molecular flexibility index (Phi) is 5.36. The van der Waals surface area contributed by atoms with Gasteiger partial charge in [0.2, 0.25) is 0 Å². The van der Waals surface area contributed by atoms with Crippen molar-refractivity contribution in [3.63, 3.8) is 0 Å². The van der Waals surface area contributed by atoms with Crippen molar-refractivity contribution in [3.05, 3.63) is 23.8 Å². The van der Waals surface area contributed by atoms with E-state index in [9.17, 15) is 9.59 Å². The van der Waals surface area contributed by atoms with Crippen LogP contribution < -0.4 is 10.5 Å². The average Bonchev–Trinajstić information content (AvgIpc) is 2.38. The average molecular weight is 264 g/mol. The number of ether oxygens (including phenoxy) is 1. The summed E-state index contributed by atoms with van der Waals surface area (Å²) < 4.78 is 5.39. The summed E-state index contributed by atoms with van der Waals surface area (Å²) in [6, 6.07) is 4.80. The zero-order valence-electron chi connectivity index (χ0n) is 11.6. The number of ketones is 1. The van der Waals surface area contributed by atoms with Crippen LogP contribution in [0.3, 0.4) is 0 Å². The van der Waals surface area contributed by atoms with Gasteiger partial charge in [0, 0.05) is 18.7 Å². The van der Waals surface area contributed by atoms with Crippen molar-refractivity contribution >= 4 is 17.4 Å². The molecule has 1 amide bonds. The SMILES string of the molecule is CCN(CC)C(=O)COc1ccc(C(C)=O)cc1N. The van der Waals surface area contributed by atoms with E-state index in [-0.39, 0.29) is 18.3 Å². The van der Waals surface area contributed by atoms with Crippen LogP contribution in [0, 0.1) is 0 Å². The highest BCUT2D eigenvalue weighted by molar-refractivity contribution is 5.95. The number of likely N-dealkylation sites (N-methyl/N-ethyl adjacent to an activating group) is 1. The van der Waals surface area contributed by atoms with Gasteiger partial charge >= 0.3 is 0 Å². The summed E-state index contributed by atoms with van der Waals surface area (Å²) in [7, 11) is 0. The standard InChI is InChI=1S/C14H20N2O3/c1-4-16(5-2)14(18)9-19-13-7-6-11(10(3)17)8-12(13)15/h6-8H,4-5,9,15H2,1-3H3. The maximum Gasteiger partial charge on any atom is 0.260 e. The molecule has 104 valence electrons. The number of hydrogen-bond donors (Lipinski definition) is 1. The molecule has 0 saturated heterocycles. The molecule has 0 radical (unpaired) electrons. The van der Waals surface area contributed by atoms with Gasteiger partial charge in [-0.1, -0.05) is 0 Å². The van der Waals surface area contributed by atoms with Crippen LogP contribution in [0.25, 0.3) is 0 Å². The molecular weight excluding hydrogens is 244 g/mol. The van der Waals surface area contributed by atoms with E-state index in [1.54, 1.807) is 23.1 Å². The van der Waals surface area contributed by atoms with Crippen molar-refractivity contribution in [2.24, 2.45) is 0 Å². The van der Waals surface area contributed by atoms with Crippen LogP contribution in [-0.2, 0) is 4.79 Å². The Bertz CT molecular complexity index is 468. The van der Waals surface area contributed by atoms with Crippen molar-refractivity contribution in [1.82, 2.24) is 4.90 Å². The Balaban J connectivity index is 2.68. The Labute approximate surface area is 113 Å². The molecule has 0 heterocycles. The highest BCUT2D eigenvalue weighted by Gasteiger charge is 2.11. The molecule has 0 unspecified atom stereocenters. The van der Waals surface area contributed by atoms with E-state index < -0.39 is 0 Å². The minimum atomic E-state index is -0.0833. The lowest BCUT2D eigenvalue weighted by molar-refractivity contribution is -0.132. The fraction of sp³-hybridized carbons (Fsp3) is 0.429. The third kappa shape index (κ3) is 3.98. The molecule has 1 aromatic rings. The Morgan fingerprint density at radius 3 is 2.37 bits per heavy atom. The Hall–Kier alpha value is -2.04. The van der Waals surface area contributed by atoms with Gasteiger partial charge in [0.1, 0.15) is 5.75 Å². The molecule has 5 nitrogen and oxygen atoms in total. The van der Waals surface area contributed by atoms with E-state index in [1.165, 1.54) is 6.92 Å². The summed E-state index contributed by atoms with van der Waals surface area (Å²) >= 11 is 0. The zero-order valence-corrected chi connectivity index (χ0v) is 11.6. The van der Waals surface area contributed by atoms with Gasteiger partial charge in [-0.05, 0) is 39.0 Å². The molecule has 0 saturated carbocycles. The van der Waals surface area contributed by atoms with Crippen LogP contribution >= 0.6 is 0 Å². The smallest absolute Gasteiger partial charge is 0.260 e. The Morgan fingerprint density at radius 2 is 1.89 bits per heavy atom. The topological polar surface area (TPSA) is 72.6 Å². The quantitative estimate of drug-likeness (QED) is 0.627. The van der Waals surface area contributed by atoms with Crippen LogP contribution in [0.15, 0.2) is 18.2 Å². The number of carbonyl (C=O) groups excluding carboxylic acids is 2. The summed E-state index contributed by atoms with van der Waals surface area (Å²) in [6.45, 7) is 6.55. The predicted octanol–water partition coefficient (Wildman–Crippen LogP) is 1.72. The monoisotopic (exact) mass is 264 g/mol. The van der Waals surface area contributed by atoms with Gasteiger partial charge in [-0.15, -0.1) is 0 Å². The number of nitrogens with two attached hydrogens (primary N) is 1. The third-order valence-corrected chi connectivity index (χ3v) is 2.88. The maximum atomic E-state index is 11.8. The van der Waals surface area contributed by atoms with Crippen molar-refractivity contribution in [3.8, 4) is 5.75 Å². The summed E-state index contributed by atoms with van der Waals surface area (Å²) in [5, 5.41) is 0. The highest BCUT2D eigenvalue weighted by atomic mass is 16.5. The van der Waals surface area contributed by atoms with Gasteiger partial charge in [-0.2, -0.15) is 0 Å². The van der Waals surface area contributed by atoms with Crippen LogP contribution in [-0.4, -0.2) is 36.3 Å². The van der Waals surface area contributed by atoms with Crippen molar-refractivity contribution in [2.45, 2.75) is 20.8 Å². The molecule has 0 aliphatic rings. The number of rotatable bonds is 6. The molecule has 1 aromatic carbocycles. The predicted molar refractivity (Wildman–Crippen MR) is 74.3 cm³/mol. The molecule has 0 aromatic heterocycles. The molecule has 5 heteroatoms. The lowest BCUT2D eigenvalue weighted by atomic mass is 10.1. The summed E-state index contributed by atoms with van der Waals surface area (Å²) in [4.78, 5) is 24.6. The van der Waals surface area contributed by atoms with E-state index in [0.29, 0.717) is 30.1 Å². The number of nitrogen functional groups attached to an aromatic ring is 1. The molecule has 1 rings (SSSR count). The van der Waals surface area contributed by atoms with E-state index in [1.807, 2.05) is 13.8 Å². The summed E-state index contributed by atoms with van der Waals surface area (Å²) in [5.41, 5.74) is 6.67. The molecule has 2 N–H and O–H groups in total. The number of anilines is 1.